The van der Waals surface area contributed by atoms with Gasteiger partial charge in [0, 0.05) is 25.9 Å². The summed E-state index contributed by atoms with van der Waals surface area (Å²) >= 11 is 6.14. The molecule has 1 heterocycles. The van der Waals surface area contributed by atoms with Crippen molar-refractivity contribution >= 4 is 29.1 Å². The third-order valence-electron chi connectivity index (χ3n) is 3.89. The Morgan fingerprint density at radius 3 is 2.88 bits per heavy atom. The Labute approximate surface area is 158 Å². The molecule has 1 atom stereocenters. The van der Waals surface area contributed by atoms with E-state index in [2.05, 4.69) is 10.6 Å². The molecule has 1 aliphatic rings. The topological polar surface area (TPSA) is 85.9 Å². The Bertz CT molecular complexity index is 605. The lowest BCUT2D eigenvalue weighted by Gasteiger charge is -2.11. The first-order chi connectivity index (χ1) is 12.6. The van der Waals surface area contributed by atoms with Crippen molar-refractivity contribution in [3.8, 4) is 0 Å². The number of hydrogen-bond donors (Lipinski definition) is 2. The van der Waals surface area contributed by atoms with Crippen LogP contribution in [0.5, 0.6) is 0 Å². The van der Waals surface area contributed by atoms with E-state index < -0.39 is 0 Å². The molecule has 0 spiro atoms. The van der Waals surface area contributed by atoms with E-state index >= 15 is 0 Å². The second-order valence-electron chi connectivity index (χ2n) is 5.95. The van der Waals surface area contributed by atoms with Crippen LogP contribution in [0.25, 0.3) is 0 Å². The lowest BCUT2D eigenvalue weighted by molar-refractivity contribution is -0.117. The molecule has 2 amide bonds. The van der Waals surface area contributed by atoms with Crippen LogP contribution in [0.1, 0.15) is 29.6 Å². The number of rotatable bonds is 10. The van der Waals surface area contributed by atoms with Gasteiger partial charge in [0.2, 0.25) is 5.91 Å². The molecule has 0 aliphatic carbocycles. The molecule has 0 bridgehead atoms. The summed E-state index contributed by atoms with van der Waals surface area (Å²) in [5.41, 5.74) is 0.883. The van der Waals surface area contributed by atoms with Gasteiger partial charge in [-0.05, 0) is 31.0 Å². The molecule has 0 saturated carbocycles. The first-order valence-electron chi connectivity index (χ1n) is 8.66. The van der Waals surface area contributed by atoms with Gasteiger partial charge in [-0.2, -0.15) is 0 Å². The Hall–Kier alpha value is -1.67. The molecule has 1 unspecified atom stereocenters. The Balaban J connectivity index is 1.73. The molecule has 0 aromatic heterocycles. The van der Waals surface area contributed by atoms with E-state index in [1.807, 2.05) is 0 Å². The largest absolute Gasteiger partial charge is 0.383 e. The monoisotopic (exact) mass is 384 g/mol. The third kappa shape index (κ3) is 6.92. The van der Waals surface area contributed by atoms with Crippen LogP contribution in [0.3, 0.4) is 0 Å². The van der Waals surface area contributed by atoms with Gasteiger partial charge in [0.1, 0.15) is 0 Å². The number of amides is 2. The van der Waals surface area contributed by atoms with Gasteiger partial charge in [-0.1, -0.05) is 11.6 Å². The summed E-state index contributed by atoms with van der Waals surface area (Å²) in [5.74, 6) is -0.460. The maximum Gasteiger partial charge on any atom is 0.252 e. The summed E-state index contributed by atoms with van der Waals surface area (Å²) in [4.78, 5) is 23.9. The highest BCUT2D eigenvalue weighted by Gasteiger charge is 2.15. The average molecular weight is 385 g/mol. The number of nitrogens with one attached hydrogen (secondary N) is 2. The third-order valence-corrected chi connectivity index (χ3v) is 4.20. The summed E-state index contributed by atoms with van der Waals surface area (Å²) < 4.78 is 15.8. The predicted octanol–water partition coefficient (Wildman–Crippen LogP) is 2.24. The van der Waals surface area contributed by atoms with E-state index in [9.17, 15) is 9.59 Å². The van der Waals surface area contributed by atoms with Crippen molar-refractivity contribution in [2.24, 2.45) is 0 Å². The number of carbonyl (C=O) groups is 2. The van der Waals surface area contributed by atoms with Crippen molar-refractivity contribution in [2.45, 2.75) is 25.4 Å². The lowest BCUT2D eigenvalue weighted by Crippen LogP contribution is -2.27. The van der Waals surface area contributed by atoms with Gasteiger partial charge in [-0.25, -0.2) is 0 Å². The van der Waals surface area contributed by atoms with Gasteiger partial charge >= 0.3 is 0 Å². The van der Waals surface area contributed by atoms with Crippen molar-refractivity contribution in [1.82, 2.24) is 5.32 Å². The number of hydrogen-bond acceptors (Lipinski definition) is 5. The standard InChI is InChI=1S/C18H25ClN2O5/c1-24-10-7-20-18(23)15-5-4-13(11-16(15)19)21-17(22)6-9-25-12-14-3-2-8-26-14/h4-5,11,14H,2-3,6-10,12H2,1H3,(H,20,23)(H,21,22). The molecular weight excluding hydrogens is 360 g/mol. The van der Waals surface area contributed by atoms with Crippen LogP contribution < -0.4 is 10.6 Å². The van der Waals surface area contributed by atoms with E-state index in [0.717, 1.165) is 19.4 Å². The predicted molar refractivity (Wildman–Crippen MR) is 98.7 cm³/mol. The van der Waals surface area contributed by atoms with E-state index in [4.69, 9.17) is 25.8 Å². The molecule has 0 radical (unpaired) electrons. The Morgan fingerprint density at radius 1 is 1.35 bits per heavy atom. The minimum absolute atomic E-state index is 0.152. The van der Waals surface area contributed by atoms with E-state index in [0.29, 0.717) is 37.6 Å². The molecule has 1 aliphatic heterocycles. The van der Waals surface area contributed by atoms with Crippen molar-refractivity contribution in [2.75, 3.05) is 45.4 Å². The number of carbonyl (C=O) groups excluding carboxylic acids is 2. The van der Waals surface area contributed by atoms with Crippen LogP contribution >= 0.6 is 11.6 Å². The highest BCUT2D eigenvalue weighted by Crippen LogP contribution is 2.21. The van der Waals surface area contributed by atoms with Crippen molar-refractivity contribution in [3.05, 3.63) is 28.8 Å². The fraction of sp³-hybridized carbons (Fsp3) is 0.556. The molecule has 1 fully saturated rings. The minimum Gasteiger partial charge on any atom is -0.383 e. The maximum atomic E-state index is 12.0. The molecule has 2 N–H and O–H groups in total. The van der Waals surface area contributed by atoms with Crippen LogP contribution in [-0.4, -0.2) is 58.0 Å². The minimum atomic E-state index is -0.285. The van der Waals surface area contributed by atoms with Gasteiger partial charge in [0.05, 0.1) is 42.9 Å². The molecular formula is C18H25ClN2O5. The number of anilines is 1. The van der Waals surface area contributed by atoms with Crippen molar-refractivity contribution in [3.63, 3.8) is 0 Å². The fourth-order valence-corrected chi connectivity index (χ4v) is 2.78. The summed E-state index contributed by atoms with van der Waals surface area (Å²) in [6.07, 6.45) is 2.47. The first kappa shape index (κ1) is 20.6. The molecule has 1 saturated heterocycles. The number of methoxy groups -OCH3 is 1. The molecule has 2 rings (SSSR count). The van der Waals surface area contributed by atoms with Crippen LogP contribution in [0.4, 0.5) is 5.69 Å². The highest BCUT2D eigenvalue weighted by atomic mass is 35.5. The van der Waals surface area contributed by atoms with Gasteiger partial charge in [0.15, 0.2) is 0 Å². The SMILES string of the molecule is COCCNC(=O)c1ccc(NC(=O)CCOCC2CCCO2)cc1Cl. The van der Waals surface area contributed by atoms with E-state index in [-0.39, 0.29) is 29.4 Å². The van der Waals surface area contributed by atoms with Crippen LogP contribution in [0.15, 0.2) is 18.2 Å². The Morgan fingerprint density at radius 2 is 2.19 bits per heavy atom. The first-order valence-corrected chi connectivity index (χ1v) is 9.04. The Kier molecular flexibility index (Phi) is 8.84. The normalized spacial score (nSPS) is 16.5. The molecule has 8 heteroatoms. The summed E-state index contributed by atoms with van der Waals surface area (Å²) in [5, 5.41) is 5.71. The van der Waals surface area contributed by atoms with E-state index in [1.165, 1.54) is 0 Å². The lowest BCUT2D eigenvalue weighted by atomic mass is 10.2. The summed E-state index contributed by atoms with van der Waals surface area (Å²) in [6.45, 7) is 2.46. The van der Waals surface area contributed by atoms with Gasteiger partial charge < -0.3 is 24.8 Å². The van der Waals surface area contributed by atoms with Crippen molar-refractivity contribution in [1.29, 1.82) is 0 Å². The quantitative estimate of drug-likeness (QED) is 0.604. The zero-order chi connectivity index (χ0) is 18.8. The zero-order valence-corrected chi connectivity index (χ0v) is 15.6. The van der Waals surface area contributed by atoms with Gasteiger partial charge in [0.25, 0.3) is 5.91 Å². The molecule has 7 nitrogen and oxygen atoms in total. The number of benzene rings is 1. The number of halogens is 1. The smallest absolute Gasteiger partial charge is 0.252 e. The van der Waals surface area contributed by atoms with Crippen molar-refractivity contribution < 1.29 is 23.8 Å². The zero-order valence-electron chi connectivity index (χ0n) is 14.9. The maximum absolute atomic E-state index is 12.0. The van der Waals surface area contributed by atoms with Crippen LogP contribution in [-0.2, 0) is 19.0 Å². The second kappa shape index (κ2) is 11.1. The molecule has 1 aromatic carbocycles. The second-order valence-corrected chi connectivity index (χ2v) is 6.36. The van der Waals surface area contributed by atoms with Crippen LogP contribution in [0, 0.1) is 0 Å². The summed E-state index contributed by atoms with van der Waals surface area (Å²) in [6, 6.07) is 4.77. The molecule has 144 valence electrons. The average Bonchev–Trinajstić information content (AvgIpc) is 3.12. The summed E-state index contributed by atoms with van der Waals surface area (Å²) in [7, 11) is 1.56. The highest BCUT2D eigenvalue weighted by molar-refractivity contribution is 6.34. The number of ether oxygens (including phenoxy) is 3. The fourth-order valence-electron chi connectivity index (χ4n) is 2.52. The van der Waals surface area contributed by atoms with Gasteiger partial charge in [-0.15, -0.1) is 0 Å². The molecule has 1 aromatic rings. The van der Waals surface area contributed by atoms with Crippen LogP contribution in [0.2, 0.25) is 5.02 Å². The van der Waals surface area contributed by atoms with Gasteiger partial charge in [-0.3, -0.25) is 9.59 Å². The molecule has 26 heavy (non-hydrogen) atoms. The van der Waals surface area contributed by atoms with E-state index in [1.54, 1.807) is 25.3 Å².